The van der Waals surface area contributed by atoms with Crippen LogP contribution in [-0.2, 0) is 14.8 Å². The zero-order valence-electron chi connectivity index (χ0n) is 16.2. The Morgan fingerprint density at radius 2 is 1.74 bits per heavy atom. The van der Waals surface area contributed by atoms with Crippen molar-refractivity contribution in [3.8, 4) is 0 Å². The lowest BCUT2D eigenvalue weighted by Crippen LogP contribution is -2.42. The number of carbonyl (C=O) groups excluding carboxylic acids is 1. The lowest BCUT2D eigenvalue weighted by molar-refractivity contribution is 0.0488. The average Bonchev–Trinajstić information content (AvgIpc) is 2.75. The van der Waals surface area contributed by atoms with Gasteiger partial charge in [0.15, 0.2) is 0 Å². The SMILES string of the molecule is C[C@H](COC(=O)c1ccncc1)N(c1cc(F)ccc1F)S(=O)(=O)c1ccc(Cl)cc1. The first kappa shape index (κ1) is 22.6. The lowest BCUT2D eigenvalue weighted by Gasteiger charge is -2.30. The monoisotopic (exact) mass is 466 g/mol. The molecule has 0 spiro atoms. The van der Waals surface area contributed by atoms with E-state index >= 15 is 0 Å². The van der Waals surface area contributed by atoms with E-state index in [0.717, 1.165) is 18.2 Å². The standard InChI is InChI=1S/C21H17ClF2N2O4S/c1-14(13-30-21(27)15-8-10-25-11-9-15)26(20-12-17(23)4-7-19(20)24)31(28,29)18-5-2-16(22)3-6-18/h2-12,14H,13H2,1H3/t14-/m1/s1. The van der Waals surface area contributed by atoms with E-state index in [0.29, 0.717) is 9.33 Å². The maximum absolute atomic E-state index is 14.5. The third kappa shape index (κ3) is 5.18. The van der Waals surface area contributed by atoms with Crippen LogP contribution in [0.25, 0.3) is 0 Å². The van der Waals surface area contributed by atoms with Crippen molar-refractivity contribution in [3.05, 3.63) is 89.2 Å². The number of benzene rings is 2. The Balaban J connectivity index is 1.96. The number of pyridine rings is 1. The molecular formula is C21H17ClF2N2O4S. The zero-order valence-corrected chi connectivity index (χ0v) is 17.8. The molecule has 0 aliphatic carbocycles. The Bertz CT molecular complexity index is 1180. The fourth-order valence-electron chi connectivity index (χ4n) is 2.81. The topological polar surface area (TPSA) is 76.6 Å². The minimum Gasteiger partial charge on any atom is -0.460 e. The zero-order chi connectivity index (χ0) is 22.6. The van der Waals surface area contributed by atoms with Crippen LogP contribution >= 0.6 is 11.6 Å². The molecule has 1 aromatic heterocycles. The number of sulfonamides is 1. The molecule has 0 unspecified atom stereocenters. The van der Waals surface area contributed by atoms with Gasteiger partial charge in [-0.3, -0.25) is 9.29 Å². The van der Waals surface area contributed by atoms with Crippen molar-refractivity contribution in [2.75, 3.05) is 10.9 Å². The van der Waals surface area contributed by atoms with Crippen LogP contribution in [0.15, 0.2) is 71.9 Å². The summed E-state index contributed by atoms with van der Waals surface area (Å²) in [5.74, 6) is -2.49. The van der Waals surface area contributed by atoms with Gasteiger partial charge in [-0.25, -0.2) is 22.0 Å². The number of hydrogen-bond donors (Lipinski definition) is 0. The van der Waals surface area contributed by atoms with E-state index in [1.165, 1.54) is 55.7 Å². The summed E-state index contributed by atoms with van der Waals surface area (Å²) in [6.07, 6.45) is 2.80. The second-order valence-electron chi connectivity index (χ2n) is 6.53. The number of ether oxygens (including phenoxy) is 1. The van der Waals surface area contributed by atoms with Gasteiger partial charge in [0.05, 0.1) is 22.2 Å². The summed E-state index contributed by atoms with van der Waals surface area (Å²) < 4.78 is 60.9. The molecule has 31 heavy (non-hydrogen) atoms. The third-order valence-electron chi connectivity index (χ3n) is 4.29. The average molecular weight is 467 g/mol. The van der Waals surface area contributed by atoms with Gasteiger partial charge in [-0.05, 0) is 55.5 Å². The summed E-state index contributed by atoms with van der Waals surface area (Å²) in [5, 5.41) is 0.307. The molecule has 3 aromatic rings. The molecule has 0 aliphatic heterocycles. The molecule has 3 rings (SSSR count). The Hall–Kier alpha value is -3.04. The van der Waals surface area contributed by atoms with Crippen molar-refractivity contribution in [2.24, 2.45) is 0 Å². The molecule has 0 saturated carbocycles. The van der Waals surface area contributed by atoms with E-state index in [2.05, 4.69) is 4.98 Å². The fourth-order valence-corrected chi connectivity index (χ4v) is 4.58. The molecule has 0 aliphatic rings. The van der Waals surface area contributed by atoms with E-state index in [-0.39, 0.29) is 10.5 Å². The van der Waals surface area contributed by atoms with Gasteiger partial charge in [-0.15, -0.1) is 0 Å². The summed E-state index contributed by atoms with van der Waals surface area (Å²) in [7, 11) is -4.36. The second kappa shape index (κ2) is 9.40. The van der Waals surface area contributed by atoms with Gasteiger partial charge in [0.2, 0.25) is 0 Å². The van der Waals surface area contributed by atoms with Gasteiger partial charge in [0, 0.05) is 23.5 Å². The van der Waals surface area contributed by atoms with Gasteiger partial charge in [-0.1, -0.05) is 11.6 Å². The molecule has 2 aromatic carbocycles. The summed E-state index contributed by atoms with van der Waals surface area (Å²) in [5.41, 5.74) is -0.298. The van der Waals surface area contributed by atoms with Gasteiger partial charge in [0.25, 0.3) is 10.0 Å². The van der Waals surface area contributed by atoms with Gasteiger partial charge in [-0.2, -0.15) is 0 Å². The highest BCUT2D eigenvalue weighted by Crippen LogP contribution is 2.30. The maximum Gasteiger partial charge on any atom is 0.338 e. The first-order valence-corrected chi connectivity index (χ1v) is 10.8. The number of nitrogens with zero attached hydrogens (tertiary/aromatic N) is 2. The van der Waals surface area contributed by atoms with Crippen LogP contribution in [0, 0.1) is 11.6 Å². The van der Waals surface area contributed by atoms with E-state index in [4.69, 9.17) is 16.3 Å². The summed E-state index contributed by atoms with van der Waals surface area (Å²) in [4.78, 5) is 15.8. The van der Waals surface area contributed by atoms with Crippen LogP contribution in [-0.4, -0.2) is 32.0 Å². The summed E-state index contributed by atoms with van der Waals surface area (Å²) in [6.45, 7) is 1.00. The molecular weight excluding hydrogens is 450 g/mol. The quantitative estimate of drug-likeness (QED) is 0.481. The van der Waals surface area contributed by atoms with Crippen LogP contribution < -0.4 is 4.31 Å². The highest BCUT2D eigenvalue weighted by molar-refractivity contribution is 7.92. The normalized spacial score (nSPS) is 12.3. The minimum atomic E-state index is -4.36. The smallest absolute Gasteiger partial charge is 0.338 e. The molecule has 10 heteroatoms. The third-order valence-corrected chi connectivity index (χ3v) is 6.48. The van der Waals surface area contributed by atoms with Crippen molar-refractivity contribution in [2.45, 2.75) is 17.9 Å². The molecule has 1 atom stereocenters. The number of carbonyl (C=O) groups is 1. The van der Waals surface area contributed by atoms with Crippen LogP contribution in [0.1, 0.15) is 17.3 Å². The van der Waals surface area contributed by atoms with Crippen molar-refractivity contribution in [1.82, 2.24) is 4.98 Å². The summed E-state index contributed by atoms with van der Waals surface area (Å²) >= 11 is 5.83. The highest BCUT2D eigenvalue weighted by atomic mass is 35.5. The fraction of sp³-hybridized carbons (Fsp3) is 0.143. The van der Waals surface area contributed by atoms with Crippen LogP contribution in [0.5, 0.6) is 0 Å². The lowest BCUT2D eigenvalue weighted by atomic mass is 10.2. The number of halogens is 3. The molecule has 0 fully saturated rings. The molecule has 6 nitrogen and oxygen atoms in total. The minimum absolute atomic E-state index is 0.187. The van der Waals surface area contributed by atoms with Crippen LogP contribution in [0.3, 0.4) is 0 Å². The van der Waals surface area contributed by atoms with Gasteiger partial charge >= 0.3 is 5.97 Å². The Labute approximate surface area is 183 Å². The number of anilines is 1. The van der Waals surface area contributed by atoms with Gasteiger partial charge in [0.1, 0.15) is 18.2 Å². The number of esters is 1. The van der Waals surface area contributed by atoms with E-state index in [1.54, 1.807) is 0 Å². The van der Waals surface area contributed by atoms with Gasteiger partial charge < -0.3 is 4.74 Å². The molecule has 1 heterocycles. The molecule has 0 bridgehead atoms. The second-order valence-corrected chi connectivity index (χ2v) is 8.79. The Kier molecular flexibility index (Phi) is 6.87. The highest BCUT2D eigenvalue weighted by Gasteiger charge is 2.32. The molecule has 0 saturated heterocycles. The summed E-state index contributed by atoms with van der Waals surface area (Å²) in [6, 6.07) is 9.49. The molecule has 0 N–H and O–H groups in total. The number of hydrogen-bond acceptors (Lipinski definition) is 5. The molecule has 0 amide bonds. The van der Waals surface area contributed by atoms with Crippen molar-refractivity contribution >= 4 is 33.3 Å². The first-order chi connectivity index (χ1) is 14.7. The van der Waals surface area contributed by atoms with Crippen molar-refractivity contribution in [1.29, 1.82) is 0 Å². The molecule has 162 valence electrons. The van der Waals surface area contributed by atoms with Crippen LogP contribution in [0.4, 0.5) is 14.5 Å². The predicted octanol–water partition coefficient (Wildman–Crippen LogP) is 4.45. The van der Waals surface area contributed by atoms with Crippen LogP contribution in [0.2, 0.25) is 5.02 Å². The largest absolute Gasteiger partial charge is 0.460 e. The Morgan fingerprint density at radius 1 is 1.10 bits per heavy atom. The number of aromatic nitrogens is 1. The van der Waals surface area contributed by atoms with Crippen molar-refractivity contribution in [3.63, 3.8) is 0 Å². The Morgan fingerprint density at radius 3 is 2.39 bits per heavy atom. The van der Waals surface area contributed by atoms with Crippen molar-refractivity contribution < 1.29 is 26.7 Å². The maximum atomic E-state index is 14.5. The first-order valence-electron chi connectivity index (χ1n) is 9.02. The molecule has 0 radical (unpaired) electrons. The predicted molar refractivity (Wildman–Crippen MR) is 111 cm³/mol. The van der Waals surface area contributed by atoms with E-state index in [1.807, 2.05) is 0 Å². The van der Waals surface area contributed by atoms with E-state index < -0.39 is 46.0 Å². The number of rotatable bonds is 7. The van der Waals surface area contributed by atoms with E-state index in [9.17, 15) is 22.0 Å².